The summed E-state index contributed by atoms with van der Waals surface area (Å²) >= 11 is 11.9. The Morgan fingerprint density at radius 1 is 1.10 bits per heavy atom. The predicted molar refractivity (Wildman–Crippen MR) is 84.7 cm³/mol. The summed E-state index contributed by atoms with van der Waals surface area (Å²) in [5, 5.41) is 3.65. The van der Waals surface area contributed by atoms with E-state index in [1.807, 2.05) is 26.0 Å². The number of hydrogen-bond donors (Lipinski definition) is 2. The number of nitrogens with two attached hydrogens (primary N) is 1. The molecular weight excluding hydrogens is 295 g/mol. The van der Waals surface area contributed by atoms with Gasteiger partial charge in [0, 0.05) is 16.4 Å². The zero-order chi connectivity index (χ0) is 14.9. The van der Waals surface area contributed by atoms with Gasteiger partial charge in [0.25, 0.3) is 5.91 Å². The SMILES string of the molecule is Cc1cc(NC(=O)c2cc(Cl)ccc2Cl)c(C)cc1N. The first-order valence-corrected chi connectivity index (χ1v) is 6.77. The second-order valence-electron chi connectivity index (χ2n) is 4.60. The van der Waals surface area contributed by atoms with Crippen molar-refractivity contribution in [3.63, 3.8) is 0 Å². The van der Waals surface area contributed by atoms with Crippen molar-refractivity contribution in [2.75, 3.05) is 11.1 Å². The van der Waals surface area contributed by atoms with Crippen molar-refractivity contribution < 1.29 is 4.79 Å². The molecule has 0 aliphatic carbocycles. The third-order valence-electron chi connectivity index (χ3n) is 3.03. The molecule has 3 nitrogen and oxygen atoms in total. The van der Waals surface area contributed by atoms with Crippen LogP contribution in [0.25, 0.3) is 0 Å². The molecule has 1 amide bonds. The maximum atomic E-state index is 12.3. The van der Waals surface area contributed by atoms with Crippen molar-refractivity contribution in [1.82, 2.24) is 0 Å². The minimum absolute atomic E-state index is 0.301. The van der Waals surface area contributed by atoms with E-state index in [4.69, 9.17) is 28.9 Å². The Labute approximate surface area is 127 Å². The van der Waals surface area contributed by atoms with E-state index in [2.05, 4.69) is 5.32 Å². The minimum Gasteiger partial charge on any atom is -0.399 e. The van der Waals surface area contributed by atoms with Gasteiger partial charge in [-0.2, -0.15) is 0 Å². The normalized spacial score (nSPS) is 10.4. The molecule has 0 heterocycles. The van der Waals surface area contributed by atoms with Crippen LogP contribution in [0, 0.1) is 13.8 Å². The van der Waals surface area contributed by atoms with Crippen LogP contribution in [0.5, 0.6) is 0 Å². The molecule has 0 fully saturated rings. The molecule has 0 saturated heterocycles. The highest BCUT2D eigenvalue weighted by Gasteiger charge is 2.13. The predicted octanol–water partition coefficient (Wildman–Crippen LogP) is 4.44. The van der Waals surface area contributed by atoms with Crippen molar-refractivity contribution in [1.29, 1.82) is 0 Å². The molecule has 2 rings (SSSR count). The van der Waals surface area contributed by atoms with Crippen LogP contribution in [0.2, 0.25) is 10.0 Å². The van der Waals surface area contributed by atoms with Gasteiger partial charge >= 0.3 is 0 Å². The number of halogens is 2. The molecule has 0 atom stereocenters. The zero-order valence-corrected chi connectivity index (χ0v) is 12.6. The number of aryl methyl sites for hydroxylation is 2. The Balaban J connectivity index is 2.32. The topological polar surface area (TPSA) is 55.1 Å². The van der Waals surface area contributed by atoms with Gasteiger partial charge < -0.3 is 11.1 Å². The lowest BCUT2D eigenvalue weighted by molar-refractivity contribution is 0.102. The molecule has 104 valence electrons. The average molecular weight is 309 g/mol. The van der Waals surface area contributed by atoms with E-state index in [1.165, 1.54) is 0 Å². The van der Waals surface area contributed by atoms with Crippen LogP contribution in [-0.4, -0.2) is 5.91 Å². The van der Waals surface area contributed by atoms with Crippen LogP contribution < -0.4 is 11.1 Å². The number of hydrogen-bond acceptors (Lipinski definition) is 2. The summed E-state index contributed by atoms with van der Waals surface area (Å²) < 4.78 is 0. The fraction of sp³-hybridized carbons (Fsp3) is 0.133. The van der Waals surface area contributed by atoms with E-state index < -0.39 is 0 Å². The highest BCUT2D eigenvalue weighted by molar-refractivity contribution is 6.36. The van der Waals surface area contributed by atoms with Gasteiger partial charge in [-0.1, -0.05) is 23.2 Å². The Morgan fingerprint density at radius 2 is 1.80 bits per heavy atom. The van der Waals surface area contributed by atoms with Gasteiger partial charge in [0.05, 0.1) is 10.6 Å². The van der Waals surface area contributed by atoms with Crippen molar-refractivity contribution in [3.05, 3.63) is 57.1 Å². The number of carbonyl (C=O) groups excluding carboxylic acids is 1. The first kappa shape index (κ1) is 14.7. The fourth-order valence-corrected chi connectivity index (χ4v) is 2.21. The van der Waals surface area contributed by atoms with Crippen LogP contribution in [0.15, 0.2) is 30.3 Å². The molecule has 0 bridgehead atoms. The van der Waals surface area contributed by atoms with Crippen LogP contribution in [0.1, 0.15) is 21.5 Å². The fourth-order valence-electron chi connectivity index (χ4n) is 1.83. The number of carbonyl (C=O) groups is 1. The van der Waals surface area contributed by atoms with E-state index >= 15 is 0 Å². The molecule has 0 aliphatic heterocycles. The highest BCUT2D eigenvalue weighted by atomic mass is 35.5. The van der Waals surface area contributed by atoms with E-state index in [-0.39, 0.29) is 5.91 Å². The van der Waals surface area contributed by atoms with Crippen LogP contribution >= 0.6 is 23.2 Å². The molecule has 0 aromatic heterocycles. The van der Waals surface area contributed by atoms with Crippen LogP contribution in [-0.2, 0) is 0 Å². The zero-order valence-electron chi connectivity index (χ0n) is 11.1. The Bertz CT molecular complexity index is 684. The summed E-state index contributed by atoms with van der Waals surface area (Å²) in [7, 11) is 0. The molecule has 2 aromatic carbocycles. The van der Waals surface area contributed by atoms with Gasteiger partial charge in [-0.25, -0.2) is 0 Å². The molecule has 0 radical (unpaired) electrons. The molecule has 20 heavy (non-hydrogen) atoms. The minimum atomic E-state index is -0.301. The monoisotopic (exact) mass is 308 g/mol. The van der Waals surface area contributed by atoms with E-state index in [0.717, 1.165) is 11.1 Å². The highest BCUT2D eigenvalue weighted by Crippen LogP contribution is 2.25. The molecule has 3 N–H and O–H groups in total. The number of amides is 1. The maximum Gasteiger partial charge on any atom is 0.257 e. The lowest BCUT2D eigenvalue weighted by Crippen LogP contribution is -2.13. The lowest BCUT2D eigenvalue weighted by atomic mass is 10.1. The van der Waals surface area contributed by atoms with Crippen LogP contribution in [0.4, 0.5) is 11.4 Å². The largest absolute Gasteiger partial charge is 0.399 e. The van der Waals surface area contributed by atoms with Gasteiger partial charge in [-0.15, -0.1) is 0 Å². The summed E-state index contributed by atoms with van der Waals surface area (Å²) in [6, 6.07) is 8.43. The molecule has 0 spiro atoms. The van der Waals surface area contributed by atoms with Gasteiger partial charge in [-0.3, -0.25) is 4.79 Å². The standard InChI is InChI=1S/C15H14Cl2N2O/c1-8-6-14(9(2)5-13(8)18)19-15(20)11-7-10(16)3-4-12(11)17/h3-7H,18H2,1-2H3,(H,19,20). The number of nitrogens with one attached hydrogen (secondary N) is 1. The molecule has 2 aromatic rings. The quantitative estimate of drug-likeness (QED) is 0.806. The third kappa shape index (κ3) is 3.06. The van der Waals surface area contributed by atoms with Gasteiger partial charge in [0.15, 0.2) is 0 Å². The van der Waals surface area contributed by atoms with E-state index in [9.17, 15) is 4.79 Å². The molecule has 0 unspecified atom stereocenters. The number of nitrogen functional groups attached to an aromatic ring is 1. The average Bonchev–Trinajstić information content (AvgIpc) is 2.38. The second kappa shape index (κ2) is 5.73. The van der Waals surface area contributed by atoms with Crippen molar-refractivity contribution in [2.24, 2.45) is 0 Å². The van der Waals surface area contributed by atoms with E-state index in [0.29, 0.717) is 27.0 Å². The Morgan fingerprint density at radius 3 is 2.50 bits per heavy atom. The summed E-state index contributed by atoms with van der Waals surface area (Å²) in [6.45, 7) is 3.77. The van der Waals surface area contributed by atoms with Gasteiger partial charge in [-0.05, 0) is 55.3 Å². The molecule has 5 heteroatoms. The van der Waals surface area contributed by atoms with Crippen molar-refractivity contribution in [3.8, 4) is 0 Å². The summed E-state index contributed by atoms with van der Waals surface area (Å²) in [6.07, 6.45) is 0. The van der Waals surface area contributed by atoms with Crippen molar-refractivity contribution in [2.45, 2.75) is 13.8 Å². The molecular formula is C15H14Cl2N2O. The number of anilines is 2. The van der Waals surface area contributed by atoms with Crippen molar-refractivity contribution >= 4 is 40.5 Å². The second-order valence-corrected chi connectivity index (χ2v) is 5.45. The summed E-state index contributed by atoms with van der Waals surface area (Å²) in [5.41, 5.74) is 9.36. The van der Waals surface area contributed by atoms with E-state index in [1.54, 1.807) is 18.2 Å². The Kier molecular flexibility index (Phi) is 4.21. The third-order valence-corrected chi connectivity index (χ3v) is 3.60. The summed E-state index contributed by atoms with van der Waals surface area (Å²) in [5.74, 6) is -0.301. The first-order valence-electron chi connectivity index (χ1n) is 6.01. The van der Waals surface area contributed by atoms with Crippen LogP contribution in [0.3, 0.4) is 0 Å². The number of rotatable bonds is 2. The number of benzene rings is 2. The lowest BCUT2D eigenvalue weighted by Gasteiger charge is -2.12. The molecule has 0 aliphatic rings. The van der Waals surface area contributed by atoms with Gasteiger partial charge in [0.1, 0.15) is 0 Å². The van der Waals surface area contributed by atoms with Gasteiger partial charge in [0.2, 0.25) is 0 Å². The molecule has 0 saturated carbocycles. The smallest absolute Gasteiger partial charge is 0.257 e. The first-order chi connectivity index (χ1) is 9.38. The maximum absolute atomic E-state index is 12.3. The Hall–Kier alpha value is -1.71. The summed E-state index contributed by atoms with van der Waals surface area (Å²) in [4.78, 5) is 12.3.